The van der Waals surface area contributed by atoms with Gasteiger partial charge in [-0.25, -0.2) is 0 Å². The summed E-state index contributed by atoms with van der Waals surface area (Å²) in [5.74, 6) is -0.522. The normalized spacial score (nSPS) is 14.0. The van der Waals surface area contributed by atoms with Crippen LogP contribution in [0.2, 0.25) is 0 Å². The number of anilines is 1. The number of aryl methyl sites for hydroxylation is 2. The molecule has 7 nitrogen and oxygen atoms in total. The molecule has 140 valence electrons. The van der Waals surface area contributed by atoms with Crippen molar-refractivity contribution in [2.45, 2.75) is 13.8 Å². The highest BCUT2D eigenvalue weighted by Gasteiger charge is 2.23. The Morgan fingerprint density at radius 1 is 1.07 bits per heavy atom. The minimum absolute atomic E-state index is 0.225. The van der Waals surface area contributed by atoms with Gasteiger partial charge in [0.05, 0.1) is 0 Å². The number of rotatable bonds is 4. The van der Waals surface area contributed by atoms with Gasteiger partial charge in [-0.15, -0.1) is 0 Å². The number of amides is 3. The van der Waals surface area contributed by atoms with E-state index in [1.165, 1.54) is 12.3 Å². The third kappa shape index (κ3) is 4.31. The maximum atomic E-state index is 12.6. The lowest BCUT2D eigenvalue weighted by molar-refractivity contribution is -0.119. The van der Waals surface area contributed by atoms with Crippen LogP contribution in [0.1, 0.15) is 32.0 Å². The molecule has 0 atom stereocenters. The summed E-state index contributed by atoms with van der Waals surface area (Å²) in [6, 6.07) is 8.88. The fourth-order valence-corrected chi connectivity index (χ4v) is 3.03. The molecule has 3 rings (SSSR count). The van der Waals surface area contributed by atoms with Crippen molar-refractivity contribution in [2.75, 3.05) is 31.5 Å². The SMILES string of the molecule is Cc1ccc(NC(=O)c2ccnc(C(=O)N3CCN(C=O)CC3)c2)c(C)c1. The monoisotopic (exact) mass is 366 g/mol. The van der Waals surface area contributed by atoms with E-state index in [2.05, 4.69) is 10.3 Å². The largest absolute Gasteiger partial charge is 0.342 e. The minimum Gasteiger partial charge on any atom is -0.342 e. The predicted octanol–water partition coefficient (Wildman–Crippen LogP) is 1.86. The summed E-state index contributed by atoms with van der Waals surface area (Å²) in [6.45, 7) is 5.85. The number of pyridine rings is 1. The van der Waals surface area contributed by atoms with Crippen LogP contribution in [0.5, 0.6) is 0 Å². The van der Waals surface area contributed by atoms with Crippen LogP contribution in [-0.4, -0.2) is 59.2 Å². The van der Waals surface area contributed by atoms with Gasteiger partial charge in [-0.3, -0.25) is 19.4 Å². The number of nitrogens with zero attached hydrogens (tertiary/aromatic N) is 3. The van der Waals surface area contributed by atoms with E-state index >= 15 is 0 Å². The first-order chi connectivity index (χ1) is 13.0. The van der Waals surface area contributed by atoms with Gasteiger partial charge in [-0.05, 0) is 37.6 Å². The molecule has 1 aliphatic rings. The van der Waals surface area contributed by atoms with Crippen molar-refractivity contribution in [1.29, 1.82) is 0 Å². The Morgan fingerprint density at radius 2 is 1.81 bits per heavy atom. The van der Waals surface area contributed by atoms with Gasteiger partial charge >= 0.3 is 0 Å². The number of benzene rings is 1. The number of carbonyl (C=O) groups is 3. The summed E-state index contributed by atoms with van der Waals surface area (Å²) in [7, 11) is 0. The Balaban J connectivity index is 1.72. The van der Waals surface area contributed by atoms with Crippen LogP contribution in [0, 0.1) is 13.8 Å². The lowest BCUT2D eigenvalue weighted by atomic mass is 10.1. The predicted molar refractivity (Wildman–Crippen MR) is 102 cm³/mol. The molecular formula is C20H22N4O3. The van der Waals surface area contributed by atoms with E-state index < -0.39 is 0 Å². The van der Waals surface area contributed by atoms with Gasteiger partial charge in [-0.1, -0.05) is 17.7 Å². The summed E-state index contributed by atoms with van der Waals surface area (Å²) in [5, 5.41) is 2.88. The highest BCUT2D eigenvalue weighted by atomic mass is 16.2. The maximum Gasteiger partial charge on any atom is 0.272 e. The van der Waals surface area contributed by atoms with Crippen molar-refractivity contribution in [3.63, 3.8) is 0 Å². The van der Waals surface area contributed by atoms with Gasteiger partial charge in [0.2, 0.25) is 6.41 Å². The molecule has 3 amide bonds. The van der Waals surface area contributed by atoms with E-state index in [4.69, 9.17) is 0 Å². The first-order valence-electron chi connectivity index (χ1n) is 8.81. The Morgan fingerprint density at radius 3 is 2.48 bits per heavy atom. The summed E-state index contributed by atoms with van der Waals surface area (Å²) in [4.78, 5) is 43.4. The van der Waals surface area contributed by atoms with Crippen LogP contribution < -0.4 is 5.32 Å². The molecule has 27 heavy (non-hydrogen) atoms. The van der Waals surface area contributed by atoms with Crippen molar-refractivity contribution < 1.29 is 14.4 Å². The molecule has 0 spiro atoms. The van der Waals surface area contributed by atoms with Gasteiger partial charge in [0, 0.05) is 43.6 Å². The maximum absolute atomic E-state index is 12.6. The molecular weight excluding hydrogens is 344 g/mol. The molecule has 7 heteroatoms. The van der Waals surface area contributed by atoms with E-state index in [1.807, 2.05) is 32.0 Å². The topological polar surface area (TPSA) is 82.6 Å². The lowest BCUT2D eigenvalue weighted by Gasteiger charge is -2.32. The number of hydrogen-bond acceptors (Lipinski definition) is 4. The van der Waals surface area contributed by atoms with Crippen LogP contribution in [0.15, 0.2) is 36.5 Å². The van der Waals surface area contributed by atoms with Crippen molar-refractivity contribution >= 4 is 23.9 Å². The standard InChI is InChI=1S/C20H22N4O3/c1-14-3-4-17(15(2)11-14)22-19(26)16-5-6-21-18(12-16)20(27)24-9-7-23(13-25)8-10-24/h3-6,11-13H,7-10H2,1-2H3,(H,22,26). The number of carbonyl (C=O) groups excluding carboxylic acids is 3. The minimum atomic E-state index is -0.288. The Labute approximate surface area is 158 Å². The van der Waals surface area contributed by atoms with E-state index in [0.717, 1.165) is 23.2 Å². The third-order valence-corrected chi connectivity index (χ3v) is 4.62. The molecule has 0 bridgehead atoms. The number of nitrogens with one attached hydrogen (secondary N) is 1. The van der Waals surface area contributed by atoms with Gasteiger partial charge in [0.1, 0.15) is 5.69 Å². The van der Waals surface area contributed by atoms with Crippen molar-refractivity contribution in [2.24, 2.45) is 0 Å². The summed E-state index contributed by atoms with van der Waals surface area (Å²) >= 11 is 0. The van der Waals surface area contributed by atoms with Crippen LogP contribution in [0.4, 0.5) is 5.69 Å². The Hall–Kier alpha value is -3.22. The summed E-state index contributed by atoms with van der Waals surface area (Å²) in [6.07, 6.45) is 2.25. The molecule has 0 aliphatic carbocycles. The lowest BCUT2D eigenvalue weighted by Crippen LogP contribution is -2.48. The summed E-state index contributed by atoms with van der Waals surface area (Å²) < 4.78 is 0. The van der Waals surface area contributed by atoms with E-state index in [9.17, 15) is 14.4 Å². The second kappa shape index (κ2) is 7.99. The van der Waals surface area contributed by atoms with E-state index in [0.29, 0.717) is 31.7 Å². The van der Waals surface area contributed by atoms with Crippen LogP contribution >= 0.6 is 0 Å². The number of aromatic nitrogens is 1. The molecule has 0 unspecified atom stereocenters. The van der Waals surface area contributed by atoms with Gasteiger partial charge in [0.15, 0.2) is 0 Å². The van der Waals surface area contributed by atoms with E-state index in [-0.39, 0.29) is 17.5 Å². The first-order valence-corrected chi connectivity index (χ1v) is 8.81. The summed E-state index contributed by atoms with van der Waals surface area (Å²) in [5.41, 5.74) is 3.43. The first kappa shape index (κ1) is 18.6. The van der Waals surface area contributed by atoms with Crippen LogP contribution in [-0.2, 0) is 4.79 Å². The average Bonchev–Trinajstić information content (AvgIpc) is 2.69. The van der Waals surface area contributed by atoms with Crippen molar-refractivity contribution in [3.05, 3.63) is 58.9 Å². The molecule has 0 radical (unpaired) electrons. The van der Waals surface area contributed by atoms with Gasteiger partial charge in [-0.2, -0.15) is 0 Å². The smallest absolute Gasteiger partial charge is 0.272 e. The zero-order chi connectivity index (χ0) is 19.4. The highest BCUT2D eigenvalue weighted by Crippen LogP contribution is 2.17. The van der Waals surface area contributed by atoms with Crippen LogP contribution in [0.25, 0.3) is 0 Å². The van der Waals surface area contributed by atoms with Gasteiger partial charge < -0.3 is 15.1 Å². The number of piperazine rings is 1. The fraction of sp³-hybridized carbons (Fsp3) is 0.300. The highest BCUT2D eigenvalue weighted by molar-refractivity contribution is 6.06. The van der Waals surface area contributed by atoms with Crippen molar-refractivity contribution in [3.8, 4) is 0 Å². The average molecular weight is 366 g/mol. The molecule has 2 heterocycles. The second-order valence-electron chi connectivity index (χ2n) is 6.64. The molecule has 0 saturated carbocycles. The molecule has 1 N–H and O–H groups in total. The Kier molecular flexibility index (Phi) is 5.49. The molecule has 2 aromatic rings. The van der Waals surface area contributed by atoms with E-state index in [1.54, 1.807) is 15.9 Å². The van der Waals surface area contributed by atoms with Gasteiger partial charge in [0.25, 0.3) is 11.8 Å². The second-order valence-corrected chi connectivity index (χ2v) is 6.64. The molecule has 1 saturated heterocycles. The number of hydrogen-bond donors (Lipinski definition) is 1. The van der Waals surface area contributed by atoms with Crippen molar-refractivity contribution in [1.82, 2.24) is 14.8 Å². The zero-order valence-corrected chi connectivity index (χ0v) is 15.4. The zero-order valence-electron chi connectivity index (χ0n) is 15.4. The molecule has 1 aromatic heterocycles. The molecule has 1 fully saturated rings. The quantitative estimate of drug-likeness (QED) is 0.838. The van der Waals surface area contributed by atoms with Crippen LogP contribution in [0.3, 0.4) is 0 Å². The fourth-order valence-electron chi connectivity index (χ4n) is 3.03. The molecule has 1 aliphatic heterocycles. The third-order valence-electron chi connectivity index (χ3n) is 4.62. The Bertz CT molecular complexity index is 873. The molecule has 1 aromatic carbocycles.